The van der Waals surface area contributed by atoms with Gasteiger partial charge in [0.05, 0.1) is 11.1 Å². The van der Waals surface area contributed by atoms with Crippen molar-refractivity contribution in [1.82, 2.24) is 5.16 Å². The Hall–Kier alpha value is -2.17. The fourth-order valence-corrected chi connectivity index (χ4v) is 2.47. The summed E-state index contributed by atoms with van der Waals surface area (Å²) in [4.78, 5) is 0. The van der Waals surface area contributed by atoms with Crippen molar-refractivity contribution in [3.63, 3.8) is 0 Å². The molecule has 0 unspecified atom stereocenters. The highest BCUT2D eigenvalue weighted by Crippen LogP contribution is 2.31. The molecule has 0 atom stereocenters. The number of halogens is 2. The molecule has 3 nitrogen and oxygen atoms in total. The second-order valence-corrected chi connectivity index (χ2v) is 4.90. The molecule has 2 aromatic carbocycles. The Bertz CT molecular complexity index is 767. The molecule has 0 saturated heterocycles. The minimum Gasteiger partial charge on any atom is -0.488 e. The number of rotatable bonds is 5. The van der Waals surface area contributed by atoms with Crippen LogP contribution in [0.5, 0.6) is 5.75 Å². The molecule has 0 aliphatic rings. The van der Waals surface area contributed by atoms with Gasteiger partial charge in [0.2, 0.25) is 0 Å². The van der Waals surface area contributed by atoms with Gasteiger partial charge in [0.25, 0.3) is 6.43 Å². The van der Waals surface area contributed by atoms with E-state index in [9.17, 15) is 8.78 Å². The molecule has 0 aliphatic carbocycles. The quantitative estimate of drug-likeness (QED) is 0.690. The van der Waals surface area contributed by atoms with Gasteiger partial charge in [0, 0.05) is 0 Å². The van der Waals surface area contributed by atoms with Crippen LogP contribution in [-0.4, -0.2) is 18.2 Å². The van der Waals surface area contributed by atoms with Crippen molar-refractivity contribution in [3.8, 4) is 5.75 Å². The van der Waals surface area contributed by atoms with Gasteiger partial charge in [-0.05, 0) is 41.5 Å². The third kappa shape index (κ3) is 2.68. The van der Waals surface area contributed by atoms with Gasteiger partial charge >= 0.3 is 0 Å². The van der Waals surface area contributed by atoms with Gasteiger partial charge in [0.15, 0.2) is 5.58 Å². The first-order valence-electron chi connectivity index (χ1n) is 6.91. The Balaban J connectivity index is 2.06. The topological polar surface area (TPSA) is 35.3 Å². The van der Waals surface area contributed by atoms with Crippen LogP contribution in [-0.2, 0) is 6.42 Å². The molecule has 0 bridgehead atoms. The number of alkyl halides is 2. The van der Waals surface area contributed by atoms with E-state index in [0.717, 1.165) is 40.3 Å². The second kappa shape index (κ2) is 5.68. The van der Waals surface area contributed by atoms with E-state index in [1.165, 1.54) is 0 Å². The molecule has 0 spiro atoms. The van der Waals surface area contributed by atoms with E-state index in [0.29, 0.717) is 5.75 Å². The fourth-order valence-electron chi connectivity index (χ4n) is 2.47. The second-order valence-electron chi connectivity index (χ2n) is 4.90. The summed E-state index contributed by atoms with van der Waals surface area (Å²) < 4.78 is 34.8. The first-order valence-corrected chi connectivity index (χ1v) is 6.91. The Morgan fingerprint density at radius 2 is 2.10 bits per heavy atom. The van der Waals surface area contributed by atoms with Crippen LogP contribution in [0.4, 0.5) is 8.78 Å². The van der Waals surface area contributed by atoms with Crippen molar-refractivity contribution in [2.24, 2.45) is 0 Å². The van der Waals surface area contributed by atoms with Crippen LogP contribution in [0.1, 0.15) is 19.0 Å². The lowest BCUT2D eigenvalue weighted by Crippen LogP contribution is -2.06. The van der Waals surface area contributed by atoms with Gasteiger partial charge in [-0.25, -0.2) is 8.78 Å². The van der Waals surface area contributed by atoms with Crippen molar-refractivity contribution in [2.45, 2.75) is 26.2 Å². The summed E-state index contributed by atoms with van der Waals surface area (Å²) in [6.45, 7) is 1.49. The summed E-state index contributed by atoms with van der Waals surface area (Å²) in [6.07, 6.45) is -0.652. The molecule has 1 heterocycles. The summed E-state index contributed by atoms with van der Waals surface area (Å²) in [5.41, 5.74) is 1.67. The molecule has 0 saturated carbocycles. The predicted octanol–water partition coefficient (Wildman–Crippen LogP) is 4.58. The van der Waals surface area contributed by atoms with Crippen LogP contribution in [0.25, 0.3) is 21.7 Å². The number of fused-ring (bicyclic) bond motifs is 3. The van der Waals surface area contributed by atoms with Gasteiger partial charge in [-0.15, -0.1) is 0 Å². The molecular weight excluding hydrogens is 276 g/mol. The zero-order chi connectivity index (χ0) is 14.8. The van der Waals surface area contributed by atoms with Crippen LogP contribution >= 0.6 is 0 Å². The van der Waals surface area contributed by atoms with Crippen molar-refractivity contribution >= 4 is 21.7 Å². The Morgan fingerprint density at radius 1 is 1.24 bits per heavy atom. The van der Waals surface area contributed by atoms with Crippen molar-refractivity contribution in [3.05, 3.63) is 36.0 Å². The number of benzene rings is 2. The first kappa shape index (κ1) is 13.8. The van der Waals surface area contributed by atoms with Gasteiger partial charge in [-0.3, -0.25) is 0 Å². The lowest BCUT2D eigenvalue weighted by molar-refractivity contribution is 0.0820. The van der Waals surface area contributed by atoms with Crippen LogP contribution in [0, 0.1) is 0 Å². The zero-order valence-electron chi connectivity index (χ0n) is 11.6. The van der Waals surface area contributed by atoms with Crippen molar-refractivity contribution in [1.29, 1.82) is 0 Å². The largest absolute Gasteiger partial charge is 0.488 e. The maximum Gasteiger partial charge on any atom is 0.272 e. The number of hydrogen-bond acceptors (Lipinski definition) is 3. The highest BCUT2D eigenvalue weighted by atomic mass is 19.3. The minimum atomic E-state index is -2.47. The smallest absolute Gasteiger partial charge is 0.272 e. The average Bonchev–Trinajstić information content (AvgIpc) is 2.89. The molecule has 0 radical (unpaired) electrons. The van der Waals surface area contributed by atoms with Gasteiger partial charge < -0.3 is 9.26 Å². The van der Waals surface area contributed by atoms with E-state index in [2.05, 4.69) is 12.1 Å². The predicted molar refractivity (Wildman–Crippen MR) is 77.0 cm³/mol. The van der Waals surface area contributed by atoms with Crippen LogP contribution in [0.15, 0.2) is 34.9 Å². The van der Waals surface area contributed by atoms with E-state index >= 15 is 0 Å². The van der Waals surface area contributed by atoms with E-state index in [-0.39, 0.29) is 0 Å². The van der Waals surface area contributed by atoms with Gasteiger partial charge in [0.1, 0.15) is 12.4 Å². The standard InChI is InChI=1S/C16H15F2NO2/c1-2-3-13-16-12-6-5-11(20-9-15(17)18)8-10(12)4-7-14(16)21-19-13/h4-8,15H,2-3,9H2,1H3. The molecule has 3 rings (SSSR count). The summed E-state index contributed by atoms with van der Waals surface area (Å²) >= 11 is 0. The highest BCUT2D eigenvalue weighted by Gasteiger charge is 2.12. The van der Waals surface area contributed by atoms with E-state index in [1.807, 2.05) is 18.2 Å². The van der Waals surface area contributed by atoms with Crippen molar-refractivity contribution < 1.29 is 18.0 Å². The molecule has 21 heavy (non-hydrogen) atoms. The molecule has 0 amide bonds. The SMILES string of the molecule is CCCc1noc2ccc3cc(OCC(F)F)ccc3c12. The summed E-state index contributed by atoms with van der Waals surface area (Å²) in [5, 5.41) is 7.03. The van der Waals surface area contributed by atoms with Crippen LogP contribution in [0.2, 0.25) is 0 Å². The molecule has 0 N–H and O–H groups in total. The highest BCUT2D eigenvalue weighted by molar-refractivity contribution is 6.07. The first-order chi connectivity index (χ1) is 10.2. The molecule has 0 aliphatic heterocycles. The lowest BCUT2D eigenvalue weighted by Gasteiger charge is -2.07. The number of aryl methyl sites for hydroxylation is 1. The summed E-state index contributed by atoms with van der Waals surface area (Å²) in [6, 6.07) is 9.07. The molecule has 110 valence electrons. The summed E-state index contributed by atoms with van der Waals surface area (Å²) in [7, 11) is 0. The number of hydrogen-bond donors (Lipinski definition) is 0. The minimum absolute atomic E-state index is 0.440. The average molecular weight is 291 g/mol. The molecule has 1 aromatic heterocycles. The molecule has 0 fully saturated rings. The number of nitrogens with zero attached hydrogens (tertiary/aromatic N) is 1. The third-order valence-corrected chi connectivity index (χ3v) is 3.36. The van der Waals surface area contributed by atoms with Crippen LogP contribution < -0.4 is 4.74 Å². The molecule has 5 heteroatoms. The number of aromatic nitrogens is 1. The Kier molecular flexibility index (Phi) is 3.73. The monoisotopic (exact) mass is 291 g/mol. The maximum atomic E-state index is 12.2. The van der Waals surface area contributed by atoms with Crippen LogP contribution in [0.3, 0.4) is 0 Å². The van der Waals surface area contributed by atoms with E-state index in [4.69, 9.17) is 9.26 Å². The maximum absolute atomic E-state index is 12.2. The zero-order valence-corrected chi connectivity index (χ0v) is 11.6. The third-order valence-electron chi connectivity index (χ3n) is 3.36. The summed E-state index contributed by atoms with van der Waals surface area (Å²) in [5.74, 6) is 0.440. The fraction of sp³-hybridized carbons (Fsp3) is 0.312. The normalized spacial score (nSPS) is 11.6. The van der Waals surface area contributed by atoms with Gasteiger partial charge in [-0.2, -0.15) is 0 Å². The number of ether oxygens (including phenoxy) is 1. The van der Waals surface area contributed by atoms with E-state index in [1.54, 1.807) is 12.1 Å². The Labute approximate surface area is 120 Å². The molecule has 3 aromatic rings. The van der Waals surface area contributed by atoms with E-state index < -0.39 is 13.0 Å². The Morgan fingerprint density at radius 3 is 2.86 bits per heavy atom. The molecular formula is C16H15F2NO2. The van der Waals surface area contributed by atoms with Crippen molar-refractivity contribution in [2.75, 3.05) is 6.61 Å². The lowest BCUT2D eigenvalue weighted by atomic mass is 10.0. The van der Waals surface area contributed by atoms with Gasteiger partial charge in [-0.1, -0.05) is 24.6 Å².